The summed E-state index contributed by atoms with van der Waals surface area (Å²) >= 11 is 0. The highest BCUT2D eigenvalue weighted by atomic mass is 28.3. The first-order valence-electron chi connectivity index (χ1n) is 12.7. The summed E-state index contributed by atoms with van der Waals surface area (Å²) in [5, 5.41) is 0. The van der Waals surface area contributed by atoms with Crippen LogP contribution in [-0.4, -0.2) is 8.80 Å². The van der Waals surface area contributed by atoms with Gasteiger partial charge in [0, 0.05) is 8.80 Å². The quantitative estimate of drug-likeness (QED) is 0.195. The molecule has 0 aromatic heterocycles. The molecule has 2 fully saturated rings. The molecule has 30 heavy (non-hydrogen) atoms. The average molecular weight is 439 g/mol. The third kappa shape index (κ3) is 7.14. The minimum atomic E-state index is -1.36. The zero-order valence-corrected chi connectivity index (χ0v) is 20.1. The smallest absolute Gasteiger partial charge is 0.194 e. The molecule has 170 valence electrons. The molecular formula is C26H41F3Si. The van der Waals surface area contributed by atoms with E-state index in [9.17, 15) is 13.2 Å². The normalized spacial score (nSPS) is 27.3. The van der Waals surface area contributed by atoms with Crippen molar-refractivity contribution in [3.8, 4) is 0 Å². The second kappa shape index (κ2) is 12.3. The second-order valence-corrected chi connectivity index (χ2v) is 13.6. The number of aryl methyl sites for hydroxylation is 1. The van der Waals surface area contributed by atoms with Gasteiger partial charge in [0.1, 0.15) is 0 Å². The van der Waals surface area contributed by atoms with Crippen LogP contribution in [0.2, 0.25) is 18.1 Å². The van der Waals surface area contributed by atoms with E-state index < -0.39 is 17.5 Å². The molecule has 0 N–H and O–H groups in total. The molecule has 0 amide bonds. The van der Waals surface area contributed by atoms with E-state index in [-0.39, 0.29) is 8.80 Å². The first-order chi connectivity index (χ1) is 14.6. The molecule has 2 aliphatic rings. The summed E-state index contributed by atoms with van der Waals surface area (Å²) in [5.74, 6) is -0.659. The van der Waals surface area contributed by atoms with Gasteiger partial charge in [-0.15, -0.1) is 0 Å². The van der Waals surface area contributed by atoms with Crippen LogP contribution in [-0.2, 0) is 6.42 Å². The van der Waals surface area contributed by atoms with E-state index in [4.69, 9.17) is 0 Å². The molecule has 1 aromatic carbocycles. The summed E-state index contributed by atoms with van der Waals surface area (Å²) in [5.41, 5.74) is 0.573. The van der Waals surface area contributed by atoms with Crippen LogP contribution >= 0.6 is 0 Å². The monoisotopic (exact) mass is 438 g/mol. The molecule has 0 spiro atoms. The van der Waals surface area contributed by atoms with Crippen molar-refractivity contribution in [3.63, 3.8) is 0 Å². The van der Waals surface area contributed by atoms with Gasteiger partial charge >= 0.3 is 0 Å². The molecule has 1 saturated carbocycles. The number of halogens is 3. The molecule has 1 aliphatic carbocycles. The maximum atomic E-state index is 13.3. The number of rotatable bonds is 10. The predicted molar refractivity (Wildman–Crippen MR) is 123 cm³/mol. The van der Waals surface area contributed by atoms with Gasteiger partial charge in [0.2, 0.25) is 0 Å². The highest BCUT2D eigenvalue weighted by Crippen LogP contribution is 2.42. The fourth-order valence-corrected chi connectivity index (χ4v) is 9.63. The van der Waals surface area contributed by atoms with Crippen molar-refractivity contribution in [1.82, 2.24) is 0 Å². The Morgan fingerprint density at radius 1 is 0.800 bits per heavy atom. The Kier molecular flexibility index (Phi) is 9.80. The van der Waals surface area contributed by atoms with Gasteiger partial charge in [0.25, 0.3) is 0 Å². The van der Waals surface area contributed by atoms with E-state index in [2.05, 4.69) is 6.92 Å². The highest BCUT2D eigenvalue weighted by molar-refractivity contribution is 6.58. The SMILES string of the molecule is CCCCC[SiH]1CCC([C@H]2CC[C@H](CCCCc3cc(F)c(F)c(F)c3)CC2)CC1. The van der Waals surface area contributed by atoms with Crippen LogP contribution in [0.3, 0.4) is 0 Å². The van der Waals surface area contributed by atoms with Gasteiger partial charge in [-0.2, -0.15) is 0 Å². The van der Waals surface area contributed by atoms with E-state index in [1.807, 2.05) is 0 Å². The number of benzene rings is 1. The minimum Gasteiger partial charge on any atom is -0.204 e. The average Bonchev–Trinajstić information content (AvgIpc) is 2.76. The summed E-state index contributed by atoms with van der Waals surface area (Å²) in [6.07, 6.45) is 16.8. The van der Waals surface area contributed by atoms with Gasteiger partial charge in [0.15, 0.2) is 17.5 Å². The first kappa shape index (κ1) is 23.9. The van der Waals surface area contributed by atoms with E-state index in [0.717, 1.165) is 42.7 Å². The molecule has 0 nitrogen and oxygen atoms in total. The zero-order chi connectivity index (χ0) is 21.3. The lowest BCUT2D eigenvalue weighted by Gasteiger charge is -2.37. The Morgan fingerprint density at radius 2 is 1.43 bits per heavy atom. The van der Waals surface area contributed by atoms with Crippen molar-refractivity contribution >= 4 is 8.80 Å². The number of hydrogen-bond acceptors (Lipinski definition) is 0. The Hall–Kier alpha value is -0.773. The predicted octanol–water partition coefficient (Wildman–Crippen LogP) is 8.45. The Morgan fingerprint density at radius 3 is 2.07 bits per heavy atom. The molecule has 0 unspecified atom stereocenters. The van der Waals surface area contributed by atoms with Gasteiger partial charge in [-0.05, 0) is 61.1 Å². The molecule has 1 aliphatic heterocycles. The van der Waals surface area contributed by atoms with Crippen molar-refractivity contribution < 1.29 is 13.2 Å². The van der Waals surface area contributed by atoms with Gasteiger partial charge < -0.3 is 0 Å². The Labute approximate surface area is 183 Å². The van der Waals surface area contributed by atoms with Gasteiger partial charge in [-0.1, -0.05) is 82.8 Å². The van der Waals surface area contributed by atoms with Crippen LogP contribution in [0.15, 0.2) is 12.1 Å². The standard InChI is InChI=1S/C26H41F3Si/c1-2-3-6-15-30-16-13-23(14-17-30)22-11-9-20(10-12-22)7-4-5-8-21-18-24(27)26(29)25(28)19-21/h18-20,22-23,30H,2-17H2,1H3/t20-,22-,23?,30?. The van der Waals surface area contributed by atoms with Crippen LogP contribution in [0.5, 0.6) is 0 Å². The summed E-state index contributed by atoms with van der Waals surface area (Å²) < 4.78 is 39.7. The molecule has 0 atom stereocenters. The van der Waals surface area contributed by atoms with Crippen molar-refractivity contribution in [2.75, 3.05) is 0 Å². The fraction of sp³-hybridized carbons (Fsp3) is 0.769. The molecule has 1 heterocycles. The van der Waals surface area contributed by atoms with Crippen LogP contribution in [0.25, 0.3) is 0 Å². The highest BCUT2D eigenvalue weighted by Gasteiger charge is 2.30. The second-order valence-electron chi connectivity index (χ2n) is 10.2. The molecule has 3 rings (SSSR count). The Balaban J connectivity index is 1.28. The third-order valence-corrected chi connectivity index (χ3v) is 11.6. The fourth-order valence-electron chi connectivity index (χ4n) is 6.09. The number of unbranched alkanes of at least 4 members (excludes halogenated alkanes) is 3. The van der Waals surface area contributed by atoms with Crippen LogP contribution in [0.1, 0.15) is 89.5 Å². The molecular weight excluding hydrogens is 397 g/mol. The molecule has 1 aromatic rings. The van der Waals surface area contributed by atoms with E-state index in [0.29, 0.717) is 12.0 Å². The molecule has 0 bridgehead atoms. The Bertz CT molecular complexity index is 608. The molecule has 1 saturated heterocycles. The maximum absolute atomic E-state index is 13.3. The largest absolute Gasteiger partial charge is 0.204 e. The zero-order valence-electron chi connectivity index (χ0n) is 18.9. The van der Waals surface area contributed by atoms with Crippen molar-refractivity contribution in [2.45, 2.75) is 109 Å². The van der Waals surface area contributed by atoms with Gasteiger partial charge in [-0.3, -0.25) is 0 Å². The topological polar surface area (TPSA) is 0 Å². The van der Waals surface area contributed by atoms with Crippen LogP contribution in [0, 0.1) is 35.2 Å². The van der Waals surface area contributed by atoms with E-state index in [1.165, 1.54) is 64.2 Å². The van der Waals surface area contributed by atoms with Crippen molar-refractivity contribution in [3.05, 3.63) is 35.1 Å². The van der Waals surface area contributed by atoms with Crippen LogP contribution < -0.4 is 0 Å². The molecule has 4 heteroatoms. The third-order valence-electron chi connectivity index (χ3n) is 8.04. The number of hydrogen-bond donors (Lipinski definition) is 0. The van der Waals surface area contributed by atoms with E-state index >= 15 is 0 Å². The maximum Gasteiger partial charge on any atom is 0.194 e. The summed E-state index contributed by atoms with van der Waals surface area (Å²) in [6.45, 7) is 2.31. The first-order valence-corrected chi connectivity index (χ1v) is 15.1. The van der Waals surface area contributed by atoms with Gasteiger partial charge in [-0.25, -0.2) is 13.2 Å². The minimum absolute atomic E-state index is 0.385. The molecule has 0 radical (unpaired) electrons. The summed E-state index contributed by atoms with van der Waals surface area (Å²) in [7, 11) is -0.385. The van der Waals surface area contributed by atoms with E-state index in [1.54, 1.807) is 18.1 Å². The van der Waals surface area contributed by atoms with Gasteiger partial charge in [0.05, 0.1) is 0 Å². The lowest BCUT2D eigenvalue weighted by molar-refractivity contribution is 0.184. The van der Waals surface area contributed by atoms with Crippen molar-refractivity contribution in [1.29, 1.82) is 0 Å². The lowest BCUT2D eigenvalue weighted by Crippen LogP contribution is -2.28. The summed E-state index contributed by atoms with van der Waals surface area (Å²) in [4.78, 5) is 0. The van der Waals surface area contributed by atoms with Crippen LogP contribution in [0.4, 0.5) is 13.2 Å². The lowest BCUT2D eigenvalue weighted by atomic mass is 9.73. The van der Waals surface area contributed by atoms with Crippen molar-refractivity contribution in [2.24, 2.45) is 17.8 Å². The summed E-state index contributed by atoms with van der Waals surface area (Å²) in [6, 6.07) is 7.11.